The van der Waals surface area contributed by atoms with E-state index in [1.807, 2.05) is 24.4 Å². The Bertz CT molecular complexity index is 852. The molecule has 1 saturated carbocycles. The maximum Gasteiger partial charge on any atom is 0.220 e. The molecule has 6 heteroatoms. The Kier molecular flexibility index (Phi) is 4.79. The normalized spacial score (nSPS) is 18.9. The van der Waals surface area contributed by atoms with Gasteiger partial charge in [0.05, 0.1) is 0 Å². The van der Waals surface area contributed by atoms with Gasteiger partial charge in [0.2, 0.25) is 11.9 Å². The van der Waals surface area contributed by atoms with Crippen molar-refractivity contribution < 1.29 is 0 Å². The second-order valence-corrected chi connectivity index (χ2v) is 7.27. The van der Waals surface area contributed by atoms with Gasteiger partial charge < -0.3 is 11.5 Å². The first-order valence-corrected chi connectivity index (χ1v) is 9.65. The van der Waals surface area contributed by atoms with E-state index in [2.05, 4.69) is 39.1 Å². The van der Waals surface area contributed by atoms with Crippen LogP contribution in [0.1, 0.15) is 43.4 Å². The molecule has 1 aromatic carbocycles. The van der Waals surface area contributed by atoms with Crippen LogP contribution in [0.3, 0.4) is 0 Å². The zero-order chi connectivity index (χ0) is 18.7. The van der Waals surface area contributed by atoms with E-state index in [1.54, 1.807) is 0 Å². The van der Waals surface area contributed by atoms with E-state index in [9.17, 15) is 0 Å². The standard InChI is InChI=1S/C21H26N6/c22-19-25-20(23)27(21(26-19)13-5-1-6-14-21)18-10-3-2-8-16(18)11-12-17-9-4-7-15-24-17/h2-4,7-10,15H,1,5-6,11-14H2,(H4,22,23,25,26). The van der Waals surface area contributed by atoms with Crippen molar-refractivity contribution >= 4 is 17.6 Å². The molecular weight excluding hydrogens is 336 g/mol. The highest BCUT2D eigenvalue weighted by Gasteiger charge is 2.43. The Labute approximate surface area is 160 Å². The summed E-state index contributed by atoms with van der Waals surface area (Å²) < 4.78 is 0. The smallest absolute Gasteiger partial charge is 0.220 e. The third-order valence-corrected chi connectivity index (χ3v) is 5.46. The molecule has 4 rings (SSSR count). The molecule has 1 aliphatic heterocycles. The number of rotatable bonds is 4. The third-order valence-electron chi connectivity index (χ3n) is 5.46. The van der Waals surface area contributed by atoms with Crippen LogP contribution in [-0.2, 0) is 12.8 Å². The van der Waals surface area contributed by atoms with Crippen LogP contribution in [0.4, 0.5) is 5.69 Å². The van der Waals surface area contributed by atoms with Crippen molar-refractivity contribution in [2.45, 2.75) is 50.6 Å². The van der Waals surface area contributed by atoms with Crippen LogP contribution in [0.5, 0.6) is 0 Å². The van der Waals surface area contributed by atoms with Gasteiger partial charge in [-0.2, -0.15) is 4.99 Å². The lowest BCUT2D eigenvalue weighted by Crippen LogP contribution is -2.58. The molecule has 2 heterocycles. The first-order valence-electron chi connectivity index (χ1n) is 9.65. The number of guanidine groups is 2. The molecule has 1 fully saturated rings. The number of hydrogen-bond acceptors (Lipinski definition) is 6. The molecular formula is C21H26N6. The van der Waals surface area contributed by atoms with Gasteiger partial charge in [-0.05, 0) is 62.3 Å². The van der Waals surface area contributed by atoms with Crippen molar-refractivity contribution in [1.82, 2.24) is 4.98 Å². The summed E-state index contributed by atoms with van der Waals surface area (Å²) in [6.45, 7) is 0. The van der Waals surface area contributed by atoms with Crippen molar-refractivity contribution in [3.63, 3.8) is 0 Å². The first-order chi connectivity index (χ1) is 13.2. The van der Waals surface area contributed by atoms with E-state index in [1.165, 1.54) is 12.0 Å². The lowest BCUT2D eigenvalue weighted by atomic mass is 9.86. The predicted octanol–water partition coefficient (Wildman–Crippen LogP) is 2.98. The number of hydrogen-bond donors (Lipinski definition) is 2. The van der Waals surface area contributed by atoms with Crippen LogP contribution in [-0.4, -0.2) is 22.6 Å². The monoisotopic (exact) mass is 362 g/mol. The van der Waals surface area contributed by atoms with Crippen LogP contribution in [0.2, 0.25) is 0 Å². The Morgan fingerprint density at radius 3 is 2.48 bits per heavy atom. The third kappa shape index (κ3) is 3.52. The highest BCUT2D eigenvalue weighted by molar-refractivity contribution is 6.06. The molecule has 27 heavy (non-hydrogen) atoms. The Morgan fingerprint density at radius 1 is 0.926 bits per heavy atom. The summed E-state index contributed by atoms with van der Waals surface area (Å²) in [5.74, 6) is 0.728. The quantitative estimate of drug-likeness (QED) is 0.874. The summed E-state index contributed by atoms with van der Waals surface area (Å²) in [6.07, 6.45) is 8.95. The maximum atomic E-state index is 6.39. The minimum atomic E-state index is -0.407. The molecule has 0 bridgehead atoms. The van der Waals surface area contributed by atoms with Crippen molar-refractivity contribution in [2.75, 3.05) is 4.90 Å². The Balaban J connectivity index is 1.68. The lowest BCUT2D eigenvalue weighted by molar-refractivity contribution is 0.305. The fourth-order valence-electron chi connectivity index (χ4n) is 4.22. The van der Waals surface area contributed by atoms with Crippen molar-refractivity contribution in [3.05, 3.63) is 59.9 Å². The van der Waals surface area contributed by atoms with E-state index >= 15 is 0 Å². The van der Waals surface area contributed by atoms with E-state index < -0.39 is 5.66 Å². The molecule has 2 aromatic rings. The number of pyridine rings is 1. The average molecular weight is 362 g/mol. The fourth-order valence-corrected chi connectivity index (χ4v) is 4.22. The van der Waals surface area contributed by atoms with Crippen molar-refractivity contribution in [2.24, 2.45) is 21.5 Å². The summed E-state index contributed by atoms with van der Waals surface area (Å²) in [5, 5.41) is 0. The van der Waals surface area contributed by atoms with Gasteiger partial charge >= 0.3 is 0 Å². The first kappa shape index (κ1) is 17.5. The van der Waals surface area contributed by atoms with Crippen LogP contribution >= 0.6 is 0 Å². The summed E-state index contributed by atoms with van der Waals surface area (Å²) in [6, 6.07) is 14.4. The lowest BCUT2D eigenvalue weighted by Gasteiger charge is -2.46. The molecule has 1 spiro atoms. The fraction of sp³-hybridized carbons (Fsp3) is 0.381. The molecule has 6 nitrogen and oxygen atoms in total. The second-order valence-electron chi connectivity index (χ2n) is 7.27. The number of nitrogens with zero attached hydrogens (tertiary/aromatic N) is 4. The van der Waals surface area contributed by atoms with E-state index in [-0.39, 0.29) is 5.96 Å². The number of nitrogens with two attached hydrogens (primary N) is 2. The molecule has 0 radical (unpaired) electrons. The van der Waals surface area contributed by atoms with Gasteiger partial charge in [-0.25, -0.2) is 4.99 Å². The van der Waals surface area contributed by atoms with Crippen LogP contribution < -0.4 is 16.4 Å². The zero-order valence-corrected chi connectivity index (χ0v) is 15.5. The van der Waals surface area contributed by atoms with Gasteiger partial charge in [0, 0.05) is 17.6 Å². The minimum Gasteiger partial charge on any atom is -0.369 e. The largest absolute Gasteiger partial charge is 0.369 e. The molecule has 1 aromatic heterocycles. The van der Waals surface area contributed by atoms with Gasteiger partial charge in [-0.3, -0.25) is 9.88 Å². The number of anilines is 1. The number of benzene rings is 1. The molecule has 0 unspecified atom stereocenters. The Hall–Kier alpha value is -2.89. The molecule has 1 aliphatic carbocycles. The van der Waals surface area contributed by atoms with E-state index in [0.717, 1.165) is 49.9 Å². The van der Waals surface area contributed by atoms with Crippen LogP contribution in [0.25, 0.3) is 0 Å². The number of aliphatic imine (C=N–C) groups is 2. The Morgan fingerprint density at radius 2 is 1.70 bits per heavy atom. The molecule has 0 amide bonds. The zero-order valence-electron chi connectivity index (χ0n) is 15.5. The minimum absolute atomic E-state index is 0.289. The molecule has 4 N–H and O–H groups in total. The van der Waals surface area contributed by atoms with Gasteiger partial charge in [0.1, 0.15) is 5.66 Å². The summed E-state index contributed by atoms with van der Waals surface area (Å²) in [7, 11) is 0. The van der Waals surface area contributed by atoms with Crippen molar-refractivity contribution in [3.8, 4) is 0 Å². The summed E-state index contributed by atoms with van der Waals surface area (Å²) >= 11 is 0. The summed E-state index contributed by atoms with van der Waals surface area (Å²) in [5.41, 5.74) is 15.4. The number of para-hydroxylation sites is 1. The molecule has 2 aliphatic rings. The summed E-state index contributed by atoms with van der Waals surface area (Å²) in [4.78, 5) is 15.6. The maximum absolute atomic E-state index is 6.39. The highest BCUT2D eigenvalue weighted by Crippen LogP contribution is 2.40. The van der Waals surface area contributed by atoms with Gasteiger partial charge in [0.25, 0.3) is 0 Å². The molecule has 0 saturated heterocycles. The van der Waals surface area contributed by atoms with E-state index in [0.29, 0.717) is 5.96 Å². The SMILES string of the molecule is NC1=NC2(CCCCC2)N(c2ccccc2CCc2ccccn2)C(N)=N1. The second kappa shape index (κ2) is 7.39. The molecule has 140 valence electrons. The average Bonchev–Trinajstić information content (AvgIpc) is 2.68. The van der Waals surface area contributed by atoms with Crippen molar-refractivity contribution in [1.29, 1.82) is 0 Å². The van der Waals surface area contributed by atoms with Gasteiger partial charge in [-0.1, -0.05) is 30.7 Å². The van der Waals surface area contributed by atoms with Crippen LogP contribution in [0.15, 0.2) is 58.6 Å². The number of aryl methyl sites for hydroxylation is 2. The highest BCUT2D eigenvalue weighted by atomic mass is 15.4. The topological polar surface area (TPSA) is 92.9 Å². The number of aromatic nitrogens is 1. The van der Waals surface area contributed by atoms with Gasteiger partial charge in [0.15, 0.2) is 0 Å². The van der Waals surface area contributed by atoms with Gasteiger partial charge in [-0.15, -0.1) is 0 Å². The van der Waals surface area contributed by atoms with E-state index in [4.69, 9.17) is 16.5 Å². The van der Waals surface area contributed by atoms with Crippen LogP contribution in [0, 0.1) is 0 Å². The molecule has 0 atom stereocenters. The predicted molar refractivity (Wildman–Crippen MR) is 110 cm³/mol.